The second kappa shape index (κ2) is 12.0. The van der Waals surface area contributed by atoms with Gasteiger partial charge in [0.15, 0.2) is 5.84 Å². The molecule has 1 aliphatic heterocycles. The van der Waals surface area contributed by atoms with Gasteiger partial charge in [-0.05, 0) is 68.2 Å². The van der Waals surface area contributed by atoms with Crippen LogP contribution in [0.25, 0.3) is 87.3 Å². The first-order chi connectivity index (χ1) is 27.7. The number of para-hydroxylation sites is 1. The zero-order valence-electron chi connectivity index (χ0n) is 30.0. The number of hydrogen-bond acceptors (Lipinski definition) is 5. The Morgan fingerprint density at radius 2 is 1.12 bits per heavy atom. The molecule has 0 radical (unpaired) electrons. The topological polar surface area (TPSA) is 63.0 Å². The SMILES string of the molecule is c1ccc(C2=NC(c3ccc(-c4ccc5oc6ccc7ccccc7c6c5c4)c4oc5ccccc5c34)NC(c3cc4ccccc4c4ccccc34)=N2)cc1. The predicted molar refractivity (Wildman–Crippen MR) is 231 cm³/mol. The molecule has 0 bridgehead atoms. The first kappa shape index (κ1) is 30.9. The molecular formula is C51H31N3O2. The average Bonchev–Trinajstić information content (AvgIpc) is 3.85. The Bertz CT molecular complexity index is 3460. The number of hydrogen-bond donors (Lipinski definition) is 1. The van der Waals surface area contributed by atoms with Crippen molar-refractivity contribution in [3.8, 4) is 11.1 Å². The monoisotopic (exact) mass is 717 g/mol. The van der Waals surface area contributed by atoms with Gasteiger partial charge in [-0.3, -0.25) is 0 Å². The van der Waals surface area contributed by atoms with Crippen molar-refractivity contribution in [1.29, 1.82) is 0 Å². The van der Waals surface area contributed by atoms with E-state index >= 15 is 0 Å². The zero-order chi connectivity index (χ0) is 36.7. The number of amidine groups is 2. The smallest absolute Gasteiger partial charge is 0.159 e. The van der Waals surface area contributed by atoms with Crippen molar-refractivity contribution in [2.24, 2.45) is 9.98 Å². The fraction of sp³-hybridized carbons (Fsp3) is 0.0196. The van der Waals surface area contributed by atoms with E-state index in [4.69, 9.17) is 18.8 Å². The van der Waals surface area contributed by atoms with Crippen molar-refractivity contribution < 1.29 is 8.83 Å². The number of rotatable bonds is 4. The van der Waals surface area contributed by atoms with Gasteiger partial charge in [0.25, 0.3) is 0 Å². The molecule has 11 aromatic rings. The molecule has 0 fully saturated rings. The van der Waals surface area contributed by atoms with Gasteiger partial charge in [0, 0.05) is 43.8 Å². The molecule has 5 nitrogen and oxygen atoms in total. The quantitative estimate of drug-likeness (QED) is 0.184. The number of benzene rings is 9. The molecule has 262 valence electrons. The molecular weight excluding hydrogens is 687 g/mol. The number of aliphatic imine (C=N–C) groups is 2. The Balaban J connectivity index is 1.07. The fourth-order valence-corrected chi connectivity index (χ4v) is 8.74. The third kappa shape index (κ3) is 4.67. The summed E-state index contributed by atoms with van der Waals surface area (Å²) in [4.78, 5) is 10.6. The molecule has 9 aromatic carbocycles. The summed E-state index contributed by atoms with van der Waals surface area (Å²) in [6.45, 7) is 0. The van der Waals surface area contributed by atoms with E-state index in [1.165, 1.54) is 21.5 Å². The van der Waals surface area contributed by atoms with E-state index in [1.807, 2.05) is 30.3 Å². The van der Waals surface area contributed by atoms with Crippen LogP contribution in [-0.4, -0.2) is 11.7 Å². The van der Waals surface area contributed by atoms with Gasteiger partial charge in [-0.1, -0.05) is 146 Å². The lowest BCUT2D eigenvalue weighted by Gasteiger charge is -2.25. The van der Waals surface area contributed by atoms with Crippen molar-refractivity contribution in [1.82, 2.24) is 5.32 Å². The van der Waals surface area contributed by atoms with Crippen molar-refractivity contribution in [3.05, 3.63) is 193 Å². The summed E-state index contributed by atoms with van der Waals surface area (Å²) in [5.74, 6) is 1.46. The summed E-state index contributed by atoms with van der Waals surface area (Å²) in [5, 5.41) is 15.2. The molecule has 2 aromatic heterocycles. The highest BCUT2D eigenvalue weighted by molar-refractivity contribution is 6.23. The molecule has 56 heavy (non-hydrogen) atoms. The maximum Gasteiger partial charge on any atom is 0.159 e. The van der Waals surface area contributed by atoms with Gasteiger partial charge in [0.1, 0.15) is 34.3 Å². The van der Waals surface area contributed by atoms with Crippen LogP contribution in [0.15, 0.2) is 195 Å². The minimum Gasteiger partial charge on any atom is -0.456 e. The summed E-state index contributed by atoms with van der Waals surface area (Å²) >= 11 is 0. The van der Waals surface area contributed by atoms with E-state index in [0.717, 1.165) is 88.3 Å². The molecule has 12 rings (SSSR count). The third-order valence-electron chi connectivity index (χ3n) is 11.3. The maximum absolute atomic E-state index is 6.82. The van der Waals surface area contributed by atoms with Gasteiger partial charge in [-0.15, -0.1) is 0 Å². The highest BCUT2D eigenvalue weighted by Crippen LogP contribution is 2.43. The first-order valence-corrected chi connectivity index (χ1v) is 18.9. The summed E-state index contributed by atoms with van der Waals surface area (Å²) in [5.41, 5.74) is 8.46. The summed E-state index contributed by atoms with van der Waals surface area (Å²) in [6, 6.07) is 61.4. The second-order valence-electron chi connectivity index (χ2n) is 14.5. The van der Waals surface area contributed by atoms with Crippen molar-refractivity contribution in [2.45, 2.75) is 6.17 Å². The van der Waals surface area contributed by atoms with Gasteiger partial charge >= 0.3 is 0 Å². The Kier molecular flexibility index (Phi) is 6.63. The molecule has 0 saturated carbocycles. The Labute approximate surface area is 320 Å². The van der Waals surface area contributed by atoms with E-state index in [1.54, 1.807) is 0 Å². The van der Waals surface area contributed by atoms with Gasteiger partial charge < -0.3 is 14.2 Å². The lowest BCUT2D eigenvalue weighted by Crippen LogP contribution is -2.33. The van der Waals surface area contributed by atoms with Crippen LogP contribution in [0.3, 0.4) is 0 Å². The normalized spacial score (nSPS) is 14.6. The van der Waals surface area contributed by atoms with Crippen LogP contribution in [0.4, 0.5) is 0 Å². The molecule has 0 saturated heterocycles. The Hall–Kier alpha value is -7.50. The van der Waals surface area contributed by atoms with Crippen LogP contribution in [0, 0.1) is 0 Å². The molecule has 1 unspecified atom stereocenters. The number of fused-ring (bicyclic) bond motifs is 11. The second-order valence-corrected chi connectivity index (χ2v) is 14.5. The van der Waals surface area contributed by atoms with Crippen LogP contribution in [-0.2, 0) is 0 Å². The lowest BCUT2D eigenvalue weighted by molar-refractivity contribution is 0.663. The maximum atomic E-state index is 6.82. The van der Waals surface area contributed by atoms with Crippen molar-refractivity contribution >= 4 is 87.9 Å². The molecule has 0 amide bonds. The van der Waals surface area contributed by atoms with Gasteiger partial charge in [-0.25, -0.2) is 9.98 Å². The highest BCUT2D eigenvalue weighted by atomic mass is 16.3. The predicted octanol–water partition coefficient (Wildman–Crippen LogP) is 13.1. The molecule has 0 spiro atoms. The van der Waals surface area contributed by atoms with Crippen LogP contribution in [0.1, 0.15) is 22.9 Å². The molecule has 5 heteroatoms. The van der Waals surface area contributed by atoms with E-state index in [-0.39, 0.29) is 0 Å². The van der Waals surface area contributed by atoms with E-state index in [0.29, 0.717) is 5.84 Å². The van der Waals surface area contributed by atoms with Gasteiger partial charge in [-0.2, -0.15) is 0 Å². The average molecular weight is 718 g/mol. The molecule has 1 atom stereocenters. The Morgan fingerprint density at radius 1 is 0.429 bits per heavy atom. The lowest BCUT2D eigenvalue weighted by atomic mass is 9.94. The Morgan fingerprint density at radius 3 is 2.00 bits per heavy atom. The highest BCUT2D eigenvalue weighted by Gasteiger charge is 2.27. The van der Waals surface area contributed by atoms with Crippen LogP contribution in [0.5, 0.6) is 0 Å². The minimum atomic E-state index is -0.452. The zero-order valence-corrected chi connectivity index (χ0v) is 30.0. The minimum absolute atomic E-state index is 0.452. The molecule has 1 aliphatic rings. The molecule has 3 heterocycles. The van der Waals surface area contributed by atoms with E-state index < -0.39 is 6.17 Å². The summed E-state index contributed by atoms with van der Waals surface area (Å²) in [7, 11) is 0. The number of nitrogens with zero attached hydrogens (tertiary/aromatic N) is 2. The fourth-order valence-electron chi connectivity index (χ4n) is 8.74. The van der Waals surface area contributed by atoms with E-state index in [9.17, 15) is 0 Å². The molecule has 0 aliphatic carbocycles. The first-order valence-electron chi connectivity index (χ1n) is 18.9. The number of furan rings is 2. The van der Waals surface area contributed by atoms with Crippen LogP contribution >= 0.6 is 0 Å². The van der Waals surface area contributed by atoms with Gasteiger partial charge in [0.2, 0.25) is 0 Å². The van der Waals surface area contributed by atoms with Crippen LogP contribution < -0.4 is 5.32 Å². The van der Waals surface area contributed by atoms with Crippen molar-refractivity contribution in [3.63, 3.8) is 0 Å². The largest absolute Gasteiger partial charge is 0.456 e. The molecule has 1 N–H and O–H groups in total. The third-order valence-corrected chi connectivity index (χ3v) is 11.3. The standard InChI is InChI=1S/C51H31N3O2/c1-2-13-31(14-3-1)49-52-50(54-51(53-49)41-28-32-15-5-6-16-34(32)37-18-8-9-19-38(37)41)40-25-24-36(48-47(40)39-20-10-11-21-43(39)56-48)33-23-26-44-42(29-33)46-35-17-7-4-12-30(35)22-27-45(46)55-44/h1-29,50H,(H,52,53,54). The van der Waals surface area contributed by atoms with Crippen molar-refractivity contribution in [2.75, 3.05) is 0 Å². The summed E-state index contributed by atoms with van der Waals surface area (Å²) in [6.07, 6.45) is -0.452. The number of nitrogens with one attached hydrogen (secondary N) is 1. The van der Waals surface area contributed by atoms with Crippen LogP contribution in [0.2, 0.25) is 0 Å². The van der Waals surface area contributed by atoms with E-state index in [2.05, 4.69) is 151 Å². The summed E-state index contributed by atoms with van der Waals surface area (Å²) < 4.78 is 13.2. The van der Waals surface area contributed by atoms with Gasteiger partial charge in [0.05, 0.1) is 0 Å².